The first kappa shape index (κ1) is 16.8. The third kappa shape index (κ3) is 3.55. The molecule has 24 heavy (non-hydrogen) atoms. The predicted molar refractivity (Wildman–Crippen MR) is 95.8 cm³/mol. The Balaban J connectivity index is 1.69. The summed E-state index contributed by atoms with van der Waals surface area (Å²) in [6.45, 7) is 2.07. The molecule has 124 valence electrons. The molecule has 4 nitrogen and oxygen atoms in total. The number of nitrogens with one attached hydrogen (secondary N) is 1. The van der Waals surface area contributed by atoms with E-state index in [4.69, 9.17) is 16.3 Å². The maximum absolute atomic E-state index is 12.2. The maximum atomic E-state index is 12.2. The van der Waals surface area contributed by atoms with Crippen LogP contribution < -0.4 is 10.1 Å². The Hall–Kier alpha value is -2.03. The summed E-state index contributed by atoms with van der Waals surface area (Å²) in [4.78, 5) is 13.4. The molecule has 0 aliphatic heterocycles. The highest BCUT2D eigenvalue weighted by molar-refractivity contribution is 7.16. The molecule has 1 aromatic carbocycles. The molecule has 1 aliphatic rings. The Morgan fingerprint density at radius 2 is 2.29 bits per heavy atom. The quantitative estimate of drug-likeness (QED) is 0.878. The first-order valence-electron chi connectivity index (χ1n) is 7.80. The number of hydrogen-bond donors (Lipinski definition) is 1. The second kappa shape index (κ2) is 7.25. The number of anilines is 1. The molecule has 0 fully saturated rings. The van der Waals surface area contributed by atoms with E-state index in [2.05, 4.69) is 18.3 Å². The van der Waals surface area contributed by atoms with Gasteiger partial charge >= 0.3 is 0 Å². The van der Waals surface area contributed by atoms with Crippen molar-refractivity contribution in [3.63, 3.8) is 0 Å². The molecule has 2 aromatic rings. The minimum absolute atomic E-state index is 0.145. The van der Waals surface area contributed by atoms with E-state index in [1.165, 1.54) is 16.2 Å². The lowest BCUT2D eigenvalue weighted by molar-refractivity contribution is -0.118. The van der Waals surface area contributed by atoms with Crippen molar-refractivity contribution in [2.24, 2.45) is 5.92 Å². The standard InChI is InChI=1S/C18H17ClN2O2S/c1-11-6-7-12-13(9-20)18(24-16(12)8-11)21-17(22)10-23-15-5-3-2-4-14(15)19/h2-5,11H,6-8,10H2,1H3,(H,21,22)/t11-/m1/s1. The number of thiophene rings is 1. The van der Waals surface area contributed by atoms with Crippen LogP contribution in [0.15, 0.2) is 24.3 Å². The van der Waals surface area contributed by atoms with Crippen molar-refractivity contribution in [3.8, 4) is 11.8 Å². The van der Waals surface area contributed by atoms with Crippen LogP contribution >= 0.6 is 22.9 Å². The van der Waals surface area contributed by atoms with Gasteiger partial charge in [0, 0.05) is 4.88 Å². The summed E-state index contributed by atoms with van der Waals surface area (Å²) in [5.41, 5.74) is 1.70. The largest absolute Gasteiger partial charge is 0.482 e. The van der Waals surface area contributed by atoms with Gasteiger partial charge in [0.15, 0.2) is 6.61 Å². The Morgan fingerprint density at radius 1 is 1.50 bits per heavy atom. The molecule has 0 unspecified atom stereocenters. The first-order chi connectivity index (χ1) is 11.6. The van der Waals surface area contributed by atoms with E-state index in [-0.39, 0.29) is 12.5 Å². The zero-order valence-corrected chi connectivity index (χ0v) is 14.8. The monoisotopic (exact) mass is 360 g/mol. The molecule has 0 saturated heterocycles. The lowest BCUT2D eigenvalue weighted by Crippen LogP contribution is -2.20. The van der Waals surface area contributed by atoms with Gasteiger partial charge in [0.25, 0.3) is 5.91 Å². The van der Waals surface area contributed by atoms with E-state index in [0.29, 0.717) is 27.3 Å². The van der Waals surface area contributed by atoms with Crippen LogP contribution in [0.5, 0.6) is 5.75 Å². The van der Waals surface area contributed by atoms with Gasteiger partial charge in [0.2, 0.25) is 0 Å². The van der Waals surface area contributed by atoms with Gasteiger partial charge in [-0.15, -0.1) is 11.3 Å². The highest BCUT2D eigenvalue weighted by Crippen LogP contribution is 2.39. The second-order valence-electron chi connectivity index (χ2n) is 5.93. The molecular formula is C18H17ClN2O2S. The van der Waals surface area contributed by atoms with Crippen LogP contribution in [0.4, 0.5) is 5.00 Å². The van der Waals surface area contributed by atoms with Gasteiger partial charge in [-0.05, 0) is 42.9 Å². The van der Waals surface area contributed by atoms with Gasteiger partial charge in [0.05, 0.1) is 10.6 Å². The summed E-state index contributed by atoms with van der Waals surface area (Å²) in [5.74, 6) is 0.794. The van der Waals surface area contributed by atoms with Gasteiger partial charge in [-0.2, -0.15) is 5.26 Å². The minimum Gasteiger partial charge on any atom is -0.482 e. The highest BCUT2D eigenvalue weighted by atomic mass is 35.5. The van der Waals surface area contributed by atoms with Crippen LogP contribution in [0.1, 0.15) is 29.3 Å². The Labute approximate surface area is 150 Å². The van der Waals surface area contributed by atoms with Crippen LogP contribution in [0, 0.1) is 17.2 Å². The maximum Gasteiger partial charge on any atom is 0.262 e. The molecule has 0 saturated carbocycles. The van der Waals surface area contributed by atoms with Crippen molar-refractivity contribution in [3.05, 3.63) is 45.3 Å². The zero-order valence-electron chi connectivity index (χ0n) is 13.3. The molecule has 1 amide bonds. The van der Waals surface area contributed by atoms with Crippen LogP contribution in [-0.2, 0) is 17.6 Å². The van der Waals surface area contributed by atoms with E-state index < -0.39 is 0 Å². The second-order valence-corrected chi connectivity index (χ2v) is 7.45. The smallest absolute Gasteiger partial charge is 0.262 e. The fraction of sp³-hybridized carbons (Fsp3) is 0.333. The number of benzene rings is 1. The normalized spacial score (nSPS) is 16.1. The van der Waals surface area contributed by atoms with E-state index >= 15 is 0 Å². The molecule has 0 spiro atoms. The number of halogens is 1. The van der Waals surface area contributed by atoms with E-state index in [0.717, 1.165) is 24.8 Å². The fourth-order valence-electron chi connectivity index (χ4n) is 2.82. The SMILES string of the molecule is C[C@@H]1CCc2c(sc(NC(=O)COc3ccccc3Cl)c2C#N)C1. The fourth-order valence-corrected chi connectivity index (χ4v) is 4.39. The summed E-state index contributed by atoms with van der Waals surface area (Å²) in [5, 5.41) is 13.3. The van der Waals surface area contributed by atoms with Gasteiger partial charge < -0.3 is 10.1 Å². The lowest BCUT2D eigenvalue weighted by atomic mass is 9.89. The zero-order chi connectivity index (χ0) is 17.1. The molecule has 0 bridgehead atoms. The topological polar surface area (TPSA) is 62.1 Å². The Bertz CT molecular complexity index is 810. The number of fused-ring (bicyclic) bond motifs is 1. The molecule has 1 aliphatic carbocycles. The third-order valence-electron chi connectivity index (χ3n) is 4.07. The number of nitrogens with zero attached hydrogens (tertiary/aromatic N) is 1. The number of nitriles is 1. The highest BCUT2D eigenvalue weighted by Gasteiger charge is 2.24. The van der Waals surface area contributed by atoms with Crippen LogP contribution in [-0.4, -0.2) is 12.5 Å². The van der Waals surface area contributed by atoms with Gasteiger partial charge in [-0.25, -0.2) is 0 Å². The number of carbonyl (C=O) groups excluding carboxylic acids is 1. The molecule has 1 aromatic heterocycles. The average molecular weight is 361 g/mol. The number of carbonyl (C=O) groups is 1. The summed E-state index contributed by atoms with van der Waals surface area (Å²) in [6, 6.07) is 9.25. The van der Waals surface area contributed by atoms with E-state index in [1.54, 1.807) is 24.3 Å². The molecule has 3 rings (SSSR count). The molecule has 1 N–H and O–H groups in total. The molecule has 1 atom stereocenters. The average Bonchev–Trinajstić information content (AvgIpc) is 2.90. The number of para-hydroxylation sites is 1. The Kier molecular flexibility index (Phi) is 5.08. The number of ether oxygens (including phenoxy) is 1. The third-order valence-corrected chi connectivity index (χ3v) is 5.55. The minimum atomic E-state index is -0.293. The summed E-state index contributed by atoms with van der Waals surface area (Å²) in [7, 11) is 0. The van der Waals surface area contributed by atoms with Crippen LogP contribution in [0.3, 0.4) is 0 Å². The van der Waals surface area contributed by atoms with Gasteiger partial charge in [0.1, 0.15) is 16.8 Å². The van der Waals surface area contributed by atoms with Crippen LogP contribution in [0.25, 0.3) is 0 Å². The number of rotatable bonds is 4. The van der Waals surface area contributed by atoms with Crippen molar-refractivity contribution >= 4 is 33.8 Å². The van der Waals surface area contributed by atoms with Gasteiger partial charge in [-0.1, -0.05) is 30.7 Å². The lowest BCUT2D eigenvalue weighted by Gasteiger charge is -2.17. The molecular weight excluding hydrogens is 344 g/mol. The van der Waals surface area contributed by atoms with Crippen molar-refractivity contribution < 1.29 is 9.53 Å². The summed E-state index contributed by atoms with van der Waals surface area (Å²) >= 11 is 7.51. The summed E-state index contributed by atoms with van der Waals surface area (Å²) < 4.78 is 5.44. The van der Waals surface area contributed by atoms with E-state index in [9.17, 15) is 10.1 Å². The molecule has 1 heterocycles. The Morgan fingerprint density at radius 3 is 3.04 bits per heavy atom. The van der Waals surface area contributed by atoms with Gasteiger partial charge in [-0.3, -0.25) is 4.79 Å². The molecule has 6 heteroatoms. The molecule has 0 radical (unpaired) electrons. The van der Waals surface area contributed by atoms with Crippen molar-refractivity contribution in [1.82, 2.24) is 0 Å². The van der Waals surface area contributed by atoms with Crippen molar-refractivity contribution in [2.45, 2.75) is 26.2 Å². The van der Waals surface area contributed by atoms with Crippen LogP contribution in [0.2, 0.25) is 5.02 Å². The summed E-state index contributed by atoms with van der Waals surface area (Å²) in [6.07, 6.45) is 2.96. The first-order valence-corrected chi connectivity index (χ1v) is 8.99. The number of amides is 1. The van der Waals surface area contributed by atoms with E-state index in [1.807, 2.05) is 0 Å². The van der Waals surface area contributed by atoms with Crippen molar-refractivity contribution in [2.75, 3.05) is 11.9 Å². The number of hydrogen-bond acceptors (Lipinski definition) is 4. The van der Waals surface area contributed by atoms with Crippen molar-refractivity contribution in [1.29, 1.82) is 5.26 Å². The predicted octanol–water partition coefficient (Wildman–Crippen LogP) is 4.42.